The number of aromatic amines is 1. The van der Waals surface area contributed by atoms with E-state index >= 15 is 0 Å². The van der Waals surface area contributed by atoms with Gasteiger partial charge in [-0.15, -0.1) is 0 Å². The molecule has 0 fully saturated rings. The Kier molecular flexibility index (Phi) is 3.76. The standard InChI is InChI=1S/C11H15N3O4S/c12-7-1-2-10-9(3-7)11(4-13-10)19(17,18)14-8(5-15)6-16/h1-4,8,13-16H,5-6,12H2. The molecule has 8 heteroatoms. The number of anilines is 1. The highest BCUT2D eigenvalue weighted by molar-refractivity contribution is 7.89. The van der Waals surface area contributed by atoms with Gasteiger partial charge in [-0.2, -0.15) is 0 Å². The number of aliphatic hydroxyl groups is 2. The molecule has 0 aliphatic heterocycles. The molecule has 0 unspecified atom stereocenters. The molecule has 1 aromatic carbocycles. The van der Waals surface area contributed by atoms with Gasteiger partial charge in [0.2, 0.25) is 10.0 Å². The molecule has 0 spiro atoms. The van der Waals surface area contributed by atoms with Gasteiger partial charge in [-0.05, 0) is 18.2 Å². The van der Waals surface area contributed by atoms with Gasteiger partial charge in [-0.25, -0.2) is 13.1 Å². The van der Waals surface area contributed by atoms with Gasteiger partial charge in [0.1, 0.15) is 4.90 Å². The van der Waals surface area contributed by atoms with Crippen molar-refractivity contribution in [1.29, 1.82) is 0 Å². The first kappa shape index (κ1) is 13.8. The summed E-state index contributed by atoms with van der Waals surface area (Å²) >= 11 is 0. The highest BCUT2D eigenvalue weighted by atomic mass is 32.2. The third-order valence-corrected chi connectivity index (χ3v) is 4.28. The highest BCUT2D eigenvalue weighted by Crippen LogP contribution is 2.24. The van der Waals surface area contributed by atoms with Gasteiger partial charge < -0.3 is 20.9 Å². The third kappa shape index (κ3) is 2.71. The molecule has 1 aromatic heterocycles. The summed E-state index contributed by atoms with van der Waals surface area (Å²) in [5.41, 5.74) is 6.73. The summed E-state index contributed by atoms with van der Waals surface area (Å²) in [7, 11) is -3.84. The second kappa shape index (κ2) is 5.17. The molecule has 7 nitrogen and oxygen atoms in total. The van der Waals surface area contributed by atoms with E-state index in [1.165, 1.54) is 6.20 Å². The van der Waals surface area contributed by atoms with E-state index in [9.17, 15) is 8.42 Å². The Labute approximate surface area is 110 Å². The minimum Gasteiger partial charge on any atom is -0.399 e. The van der Waals surface area contributed by atoms with Gasteiger partial charge in [0.25, 0.3) is 0 Å². The largest absolute Gasteiger partial charge is 0.399 e. The smallest absolute Gasteiger partial charge is 0.243 e. The van der Waals surface area contributed by atoms with Crippen LogP contribution in [0.5, 0.6) is 0 Å². The SMILES string of the molecule is Nc1ccc2[nH]cc(S(=O)(=O)NC(CO)CO)c2c1. The van der Waals surface area contributed by atoms with Crippen LogP contribution in [0.1, 0.15) is 0 Å². The van der Waals surface area contributed by atoms with Crippen LogP contribution in [0.25, 0.3) is 10.9 Å². The lowest BCUT2D eigenvalue weighted by atomic mass is 10.2. The van der Waals surface area contributed by atoms with Crippen LogP contribution in [0.3, 0.4) is 0 Å². The van der Waals surface area contributed by atoms with Gasteiger partial charge in [-0.1, -0.05) is 0 Å². The molecule has 0 amide bonds. The quantitative estimate of drug-likeness (QED) is 0.468. The molecule has 0 radical (unpaired) electrons. The van der Waals surface area contributed by atoms with Crippen LogP contribution >= 0.6 is 0 Å². The first-order valence-electron chi connectivity index (χ1n) is 5.58. The zero-order valence-electron chi connectivity index (χ0n) is 10.00. The summed E-state index contributed by atoms with van der Waals surface area (Å²) in [4.78, 5) is 2.86. The van der Waals surface area contributed by atoms with Crippen LogP contribution in [0.4, 0.5) is 5.69 Å². The maximum absolute atomic E-state index is 12.2. The molecule has 0 aliphatic carbocycles. The first-order chi connectivity index (χ1) is 8.97. The second-order valence-corrected chi connectivity index (χ2v) is 5.82. The van der Waals surface area contributed by atoms with Gasteiger partial charge in [0.05, 0.1) is 19.3 Å². The van der Waals surface area contributed by atoms with Gasteiger partial charge >= 0.3 is 0 Å². The average Bonchev–Trinajstić information content (AvgIpc) is 2.79. The molecule has 0 atom stereocenters. The third-order valence-electron chi connectivity index (χ3n) is 2.72. The molecule has 19 heavy (non-hydrogen) atoms. The number of benzene rings is 1. The van der Waals surface area contributed by atoms with E-state index in [4.69, 9.17) is 15.9 Å². The van der Waals surface area contributed by atoms with Crippen molar-refractivity contribution in [2.75, 3.05) is 18.9 Å². The molecule has 0 saturated heterocycles. The van der Waals surface area contributed by atoms with Crippen LogP contribution < -0.4 is 10.5 Å². The fraction of sp³-hybridized carbons (Fsp3) is 0.273. The number of aliphatic hydroxyl groups excluding tert-OH is 2. The fourth-order valence-corrected chi connectivity index (χ4v) is 3.14. The van der Waals surface area contributed by atoms with E-state index in [1.54, 1.807) is 18.2 Å². The molecule has 2 rings (SSSR count). The predicted molar refractivity (Wildman–Crippen MR) is 71.0 cm³/mol. The number of fused-ring (bicyclic) bond motifs is 1. The average molecular weight is 285 g/mol. The van der Waals surface area contributed by atoms with Crippen molar-refractivity contribution in [3.8, 4) is 0 Å². The maximum Gasteiger partial charge on any atom is 0.243 e. The van der Waals surface area contributed by atoms with E-state index in [-0.39, 0.29) is 4.90 Å². The second-order valence-electron chi connectivity index (χ2n) is 4.14. The maximum atomic E-state index is 12.2. The topological polar surface area (TPSA) is 128 Å². The molecule has 2 aromatic rings. The minimum atomic E-state index is -3.84. The number of hydrogen-bond donors (Lipinski definition) is 5. The van der Waals surface area contributed by atoms with Gasteiger partial charge in [-0.3, -0.25) is 0 Å². The normalized spacial score (nSPS) is 12.4. The summed E-state index contributed by atoms with van der Waals surface area (Å²) in [6, 6.07) is 3.95. The Balaban J connectivity index is 2.46. The number of sulfonamides is 1. The Morgan fingerprint density at radius 3 is 2.63 bits per heavy atom. The van der Waals surface area contributed by atoms with E-state index in [2.05, 4.69) is 9.71 Å². The number of rotatable bonds is 5. The van der Waals surface area contributed by atoms with Crippen LogP contribution in [0, 0.1) is 0 Å². The zero-order chi connectivity index (χ0) is 14.0. The monoisotopic (exact) mass is 285 g/mol. The van der Waals surface area contributed by atoms with Crippen molar-refractivity contribution in [2.24, 2.45) is 0 Å². The predicted octanol–water partition coefficient (Wildman–Crippen LogP) is -0.618. The summed E-state index contributed by atoms with van der Waals surface area (Å²) in [6.45, 7) is -0.972. The number of nitrogens with one attached hydrogen (secondary N) is 2. The molecule has 104 valence electrons. The molecular formula is C11H15N3O4S. The number of nitrogens with two attached hydrogens (primary N) is 1. The van der Waals surface area contributed by atoms with Crippen molar-refractivity contribution in [3.63, 3.8) is 0 Å². The summed E-state index contributed by atoms with van der Waals surface area (Å²) in [6.07, 6.45) is 1.35. The van der Waals surface area contributed by atoms with Crippen molar-refractivity contribution >= 4 is 26.6 Å². The van der Waals surface area contributed by atoms with Crippen molar-refractivity contribution in [2.45, 2.75) is 10.9 Å². The first-order valence-corrected chi connectivity index (χ1v) is 7.07. The Morgan fingerprint density at radius 1 is 1.32 bits per heavy atom. The Hall–Kier alpha value is -1.61. The van der Waals surface area contributed by atoms with E-state index in [1.807, 2.05) is 0 Å². The number of H-pyrrole nitrogens is 1. The van der Waals surface area contributed by atoms with Crippen LogP contribution in [-0.2, 0) is 10.0 Å². The number of nitrogen functional groups attached to an aromatic ring is 1. The molecular weight excluding hydrogens is 270 g/mol. The summed E-state index contributed by atoms with van der Waals surface area (Å²) in [5, 5.41) is 18.3. The lowest BCUT2D eigenvalue weighted by molar-refractivity contribution is 0.185. The lowest BCUT2D eigenvalue weighted by Crippen LogP contribution is -2.39. The summed E-state index contributed by atoms with van der Waals surface area (Å²) < 4.78 is 26.5. The molecule has 6 N–H and O–H groups in total. The number of aromatic nitrogens is 1. The molecule has 0 aliphatic rings. The molecule has 1 heterocycles. The molecule has 0 saturated carbocycles. The Bertz CT molecular complexity index is 676. The van der Waals surface area contributed by atoms with Crippen LogP contribution in [-0.4, -0.2) is 42.9 Å². The van der Waals surface area contributed by atoms with Crippen LogP contribution in [0.15, 0.2) is 29.3 Å². The van der Waals surface area contributed by atoms with Gasteiger partial charge in [0.15, 0.2) is 0 Å². The Morgan fingerprint density at radius 2 is 2.00 bits per heavy atom. The number of hydrogen-bond acceptors (Lipinski definition) is 5. The fourth-order valence-electron chi connectivity index (χ4n) is 1.75. The van der Waals surface area contributed by atoms with E-state index in [0.717, 1.165) is 0 Å². The lowest BCUT2D eigenvalue weighted by Gasteiger charge is -2.13. The van der Waals surface area contributed by atoms with Crippen molar-refractivity contribution < 1.29 is 18.6 Å². The van der Waals surface area contributed by atoms with Crippen LogP contribution in [0.2, 0.25) is 0 Å². The van der Waals surface area contributed by atoms with Crippen molar-refractivity contribution in [3.05, 3.63) is 24.4 Å². The molecule has 0 bridgehead atoms. The van der Waals surface area contributed by atoms with Crippen molar-refractivity contribution in [1.82, 2.24) is 9.71 Å². The minimum absolute atomic E-state index is 0.0294. The highest BCUT2D eigenvalue weighted by Gasteiger charge is 2.22. The zero-order valence-corrected chi connectivity index (χ0v) is 10.8. The van der Waals surface area contributed by atoms with Gasteiger partial charge in [0, 0.05) is 22.8 Å². The summed E-state index contributed by atoms with van der Waals surface area (Å²) in [5.74, 6) is 0. The van der Waals surface area contributed by atoms with E-state index < -0.39 is 29.3 Å². The van der Waals surface area contributed by atoms with E-state index in [0.29, 0.717) is 16.6 Å².